The van der Waals surface area contributed by atoms with Crippen LogP contribution in [0.3, 0.4) is 0 Å². The summed E-state index contributed by atoms with van der Waals surface area (Å²) in [5.41, 5.74) is 1.50. The predicted octanol–water partition coefficient (Wildman–Crippen LogP) is 2.09. The molecule has 0 spiro atoms. The first-order valence-electron chi connectivity index (χ1n) is 7.02. The van der Waals surface area contributed by atoms with Gasteiger partial charge in [0.15, 0.2) is 0 Å². The van der Waals surface area contributed by atoms with Crippen LogP contribution in [0.1, 0.15) is 28.8 Å². The maximum atomic E-state index is 12.1. The quantitative estimate of drug-likeness (QED) is 0.864. The van der Waals surface area contributed by atoms with Crippen molar-refractivity contribution in [2.75, 3.05) is 25.0 Å². The molecule has 2 heterocycles. The zero-order valence-corrected chi connectivity index (χ0v) is 13.1. The SMILES string of the molecule is Cc1sc(NC(=O)CN2CCC(C=O)CC2)c(C#N)c1C. The molecule has 1 N–H and O–H groups in total. The zero-order valence-electron chi connectivity index (χ0n) is 12.3. The maximum absolute atomic E-state index is 12.1. The Balaban J connectivity index is 1.92. The smallest absolute Gasteiger partial charge is 0.239 e. The summed E-state index contributed by atoms with van der Waals surface area (Å²) in [5.74, 6) is 0.0365. The van der Waals surface area contributed by atoms with Gasteiger partial charge in [-0.05, 0) is 45.3 Å². The Morgan fingerprint density at radius 2 is 2.14 bits per heavy atom. The number of nitrogens with zero attached hydrogens (tertiary/aromatic N) is 2. The lowest BCUT2D eigenvalue weighted by Gasteiger charge is -2.28. The number of nitrogens with one attached hydrogen (secondary N) is 1. The summed E-state index contributed by atoms with van der Waals surface area (Å²) in [6.45, 7) is 5.69. The predicted molar refractivity (Wildman–Crippen MR) is 82.4 cm³/mol. The number of piperidine rings is 1. The van der Waals surface area contributed by atoms with Crippen LogP contribution >= 0.6 is 11.3 Å². The first-order chi connectivity index (χ1) is 10.0. The first-order valence-corrected chi connectivity index (χ1v) is 7.84. The summed E-state index contributed by atoms with van der Waals surface area (Å²) in [4.78, 5) is 25.9. The van der Waals surface area contributed by atoms with E-state index in [0.717, 1.165) is 42.7 Å². The van der Waals surface area contributed by atoms with Gasteiger partial charge >= 0.3 is 0 Å². The fraction of sp³-hybridized carbons (Fsp3) is 0.533. The van der Waals surface area contributed by atoms with Crippen LogP contribution in [-0.4, -0.2) is 36.7 Å². The molecule has 1 aromatic heterocycles. The number of aryl methyl sites for hydroxylation is 1. The maximum Gasteiger partial charge on any atom is 0.239 e. The molecule has 1 amide bonds. The van der Waals surface area contributed by atoms with Gasteiger partial charge in [-0.1, -0.05) is 0 Å². The highest BCUT2D eigenvalue weighted by molar-refractivity contribution is 7.16. The Morgan fingerprint density at radius 1 is 1.48 bits per heavy atom. The highest BCUT2D eigenvalue weighted by Crippen LogP contribution is 2.31. The van der Waals surface area contributed by atoms with Gasteiger partial charge in [-0.2, -0.15) is 5.26 Å². The summed E-state index contributed by atoms with van der Waals surface area (Å²) >= 11 is 1.44. The number of anilines is 1. The minimum atomic E-state index is -0.0997. The number of thiophene rings is 1. The molecule has 0 atom stereocenters. The van der Waals surface area contributed by atoms with Crippen molar-refractivity contribution < 1.29 is 9.59 Å². The molecule has 1 saturated heterocycles. The lowest BCUT2D eigenvalue weighted by molar-refractivity contribution is -0.117. The molecule has 112 valence electrons. The minimum absolute atomic E-state index is 0.0997. The van der Waals surface area contributed by atoms with Crippen molar-refractivity contribution in [1.29, 1.82) is 5.26 Å². The van der Waals surface area contributed by atoms with Gasteiger partial charge in [-0.3, -0.25) is 9.69 Å². The van der Waals surface area contributed by atoms with Crippen molar-refractivity contribution in [3.05, 3.63) is 16.0 Å². The minimum Gasteiger partial charge on any atom is -0.315 e. The Morgan fingerprint density at radius 3 is 2.71 bits per heavy atom. The number of carbonyl (C=O) groups is 2. The Bertz CT molecular complexity index is 580. The van der Waals surface area contributed by atoms with E-state index in [1.807, 2.05) is 13.8 Å². The van der Waals surface area contributed by atoms with E-state index in [0.29, 0.717) is 17.1 Å². The van der Waals surface area contributed by atoms with Crippen LogP contribution < -0.4 is 5.32 Å². The van der Waals surface area contributed by atoms with Crippen molar-refractivity contribution in [3.8, 4) is 6.07 Å². The molecule has 6 heteroatoms. The molecule has 1 aliphatic heterocycles. The van der Waals surface area contributed by atoms with Crippen molar-refractivity contribution in [2.45, 2.75) is 26.7 Å². The number of likely N-dealkylation sites (tertiary alicyclic amines) is 1. The third-order valence-electron chi connectivity index (χ3n) is 3.94. The van der Waals surface area contributed by atoms with Crippen LogP contribution in [0.2, 0.25) is 0 Å². The average molecular weight is 305 g/mol. The van der Waals surface area contributed by atoms with Gasteiger partial charge in [-0.25, -0.2) is 0 Å². The second-order valence-corrected chi connectivity index (χ2v) is 6.62. The Labute approximate surface area is 128 Å². The lowest BCUT2D eigenvalue weighted by Crippen LogP contribution is -2.39. The first kappa shape index (κ1) is 15.7. The van der Waals surface area contributed by atoms with Gasteiger partial charge in [0.05, 0.1) is 12.1 Å². The number of hydrogen-bond acceptors (Lipinski definition) is 5. The molecule has 1 fully saturated rings. The molecule has 0 radical (unpaired) electrons. The molecule has 1 aliphatic rings. The van der Waals surface area contributed by atoms with Crippen molar-refractivity contribution >= 4 is 28.5 Å². The molecule has 0 aromatic carbocycles. The van der Waals surface area contributed by atoms with Crippen molar-refractivity contribution in [2.24, 2.45) is 5.92 Å². The van der Waals surface area contributed by atoms with Gasteiger partial charge in [0.25, 0.3) is 0 Å². The van der Waals surface area contributed by atoms with E-state index < -0.39 is 0 Å². The van der Waals surface area contributed by atoms with Gasteiger partial charge in [0.2, 0.25) is 5.91 Å². The van der Waals surface area contributed by atoms with Gasteiger partial charge in [-0.15, -0.1) is 11.3 Å². The summed E-state index contributed by atoms with van der Waals surface area (Å²) < 4.78 is 0. The number of amides is 1. The highest BCUT2D eigenvalue weighted by atomic mass is 32.1. The fourth-order valence-corrected chi connectivity index (χ4v) is 3.49. The van der Waals surface area contributed by atoms with Crippen LogP contribution in [0.4, 0.5) is 5.00 Å². The highest BCUT2D eigenvalue weighted by Gasteiger charge is 2.21. The zero-order chi connectivity index (χ0) is 15.4. The van der Waals surface area contributed by atoms with E-state index in [4.69, 9.17) is 5.26 Å². The van der Waals surface area contributed by atoms with E-state index in [1.54, 1.807) is 0 Å². The third kappa shape index (κ3) is 3.69. The summed E-state index contributed by atoms with van der Waals surface area (Å²) in [5, 5.41) is 12.6. The van der Waals surface area contributed by atoms with Crippen molar-refractivity contribution in [1.82, 2.24) is 4.90 Å². The second-order valence-electron chi connectivity index (χ2n) is 5.40. The van der Waals surface area contributed by atoms with E-state index in [-0.39, 0.29) is 11.8 Å². The standard InChI is InChI=1S/C15H19N3O2S/c1-10-11(2)21-15(13(10)7-16)17-14(20)8-18-5-3-12(9-19)4-6-18/h9,12H,3-6,8H2,1-2H3,(H,17,20). The van der Waals surface area contributed by atoms with Crippen LogP contribution in [0, 0.1) is 31.1 Å². The Kier molecular flexibility index (Phi) is 5.10. The molecule has 2 rings (SSSR count). The molecule has 0 bridgehead atoms. The normalized spacial score (nSPS) is 16.4. The molecule has 21 heavy (non-hydrogen) atoms. The topological polar surface area (TPSA) is 73.2 Å². The molecule has 0 aliphatic carbocycles. The monoisotopic (exact) mass is 305 g/mol. The summed E-state index contributed by atoms with van der Waals surface area (Å²) in [6, 6.07) is 2.15. The van der Waals surface area contributed by atoms with Crippen molar-refractivity contribution in [3.63, 3.8) is 0 Å². The molecular formula is C15H19N3O2S. The molecule has 0 unspecified atom stereocenters. The number of carbonyl (C=O) groups excluding carboxylic acids is 2. The average Bonchev–Trinajstić information content (AvgIpc) is 2.73. The summed E-state index contributed by atoms with van der Waals surface area (Å²) in [6.07, 6.45) is 2.64. The summed E-state index contributed by atoms with van der Waals surface area (Å²) in [7, 11) is 0. The molecule has 0 saturated carbocycles. The van der Waals surface area contributed by atoms with Gasteiger partial charge < -0.3 is 10.1 Å². The second kappa shape index (κ2) is 6.83. The van der Waals surface area contributed by atoms with E-state index in [9.17, 15) is 9.59 Å². The van der Waals surface area contributed by atoms with Crippen LogP contribution in [0.25, 0.3) is 0 Å². The molecular weight excluding hydrogens is 286 g/mol. The number of hydrogen-bond donors (Lipinski definition) is 1. The van der Waals surface area contributed by atoms with Crippen LogP contribution in [-0.2, 0) is 9.59 Å². The van der Waals surface area contributed by atoms with Gasteiger partial charge in [0, 0.05) is 10.8 Å². The Hall–Kier alpha value is -1.71. The number of rotatable bonds is 4. The fourth-order valence-electron chi connectivity index (χ4n) is 2.47. The van der Waals surface area contributed by atoms with E-state index in [1.165, 1.54) is 11.3 Å². The van der Waals surface area contributed by atoms with Crippen LogP contribution in [0.15, 0.2) is 0 Å². The van der Waals surface area contributed by atoms with Gasteiger partial charge in [0.1, 0.15) is 17.4 Å². The van der Waals surface area contributed by atoms with Crippen LogP contribution in [0.5, 0.6) is 0 Å². The number of nitriles is 1. The van der Waals surface area contributed by atoms with E-state index in [2.05, 4.69) is 16.3 Å². The molecule has 1 aromatic rings. The third-order valence-corrected chi connectivity index (χ3v) is 5.06. The number of aldehydes is 1. The largest absolute Gasteiger partial charge is 0.315 e. The molecule has 5 nitrogen and oxygen atoms in total. The van der Waals surface area contributed by atoms with E-state index >= 15 is 0 Å². The lowest BCUT2D eigenvalue weighted by atomic mass is 9.99.